The number of esters is 1. The predicted octanol–water partition coefficient (Wildman–Crippen LogP) is 2.20. The molecule has 3 heteroatoms. The highest BCUT2D eigenvalue weighted by molar-refractivity contribution is 5.95. The molecule has 0 unspecified atom stereocenters. The number of ether oxygens (including phenoxy) is 1. The molecule has 0 aromatic rings. The fraction of sp³-hybridized carbons (Fsp3) is 0.333. The number of rotatable bonds is 7. The highest BCUT2D eigenvalue weighted by Gasteiger charge is 2.08. The van der Waals surface area contributed by atoms with Crippen LogP contribution in [0.5, 0.6) is 0 Å². The molecular formula is C12H16O3. The molecule has 0 radical (unpaired) electrons. The Labute approximate surface area is 90.1 Å². The Morgan fingerprint density at radius 2 is 2.00 bits per heavy atom. The molecule has 0 rings (SSSR count). The summed E-state index contributed by atoms with van der Waals surface area (Å²) in [5, 5.41) is 0. The SMILES string of the molecule is C=C/C=C(\C=C)COC(=O)CC(=O)CC. The Kier molecular flexibility index (Phi) is 6.89. The second kappa shape index (κ2) is 7.74. The lowest BCUT2D eigenvalue weighted by atomic mass is 10.2. The number of hydrogen-bond acceptors (Lipinski definition) is 3. The van der Waals surface area contributed by atoms with E-state index in [-0.39, 0.29) is 18.8 Å². The third kappa shape index (κ3) is 6.43. The molecule has 0 spiro atoms. The zero-order valence-electron chi connectivity index (χ0n) is 8.99. The van der Waals surface area contributed by atoms with Gasteiger partial charge in [-0.1, -0.05) is 38.3 Å². The average Bonchev–Trinajstić information content (AvgIpc) is 2.23. The molecule has 0 aromatic carbocycles. The van der Waals surface area contributed by atoms with Gasteiger partial charge >= 0.3 is 5.97 Å². The van der Waals surface area contributed by atoms with Crippen LogP contribution >= 0.6 is 0 Å². The van der Waals surface area contributed by atoms with Crippen LogP contribution in [0.2, 0.25) is 0 Å². The lowest BCUT2D eigenvalue weighted by Crippen LogP contribution is -2.11. The number of hydrogen-bond donors (Lipinski definition) is 0. The smallest absolute Gasteiger partial charge is 0.313 e. The van der Waals surface area contributed by atoms with Crippen LogP contribution in [0.25, 0.3) is 0 Å². The van der Waals surface area contributed by atoms with Crippen LogP contribution in [-0.4, -0.2) is 18.4 Å². The summed E-state index contributed by atoms with van der Waals surface area (Å²) in [5.74, 6) is -0.619. The van der Waals surface area contributed by atoms with E-state index >= 15 is 0 Å². The van der Waals surface area contributed by atoms with Gasteiger partial charge in [-0.3, -0.25) is 9.59 Å². The molecule has 0 amide bonds. The molecule has 0 saturated carbocycles. The van der Waals surface area contributed by atoms with Gasteiger partial charge in [0, 0.05) is 6.42 Å². The Morgan fingerprint density at radius 3 is 2.47 bits per heavy atom. The van der Waals surface area contributed by atoms with E-state index in [9.17, 15) is 9.59 Å². The van der Waals surface area contributed by atoms with Crippen LogP contribution in [0.4, 0.5) is 0 Å². The number of Topliss-reactive ketones (excluding diaryl/α,β-unsaturated/α-hetero) is 1. The van der Waals surface area contributed by atoms with Gasteiger partial charge in [-0.15, -0.1) is 0 Å². The first kappa shape index (κ1) is 13.4. The largest absolute Gasteiger partial charge is 0.460 e. The topological polar surface area (TPSA) is 43.4 Å². The van der Waals surface area contributed by atoms with Gasteiger partial charge in [0.15, 0.2) is 0 Å². The Balaban J connectivity index is 3.99. The first-order valence-corrected chi connectivity index (χ1v) is 4.75. The summed E-state index contributed by atoms with van der Waals surface area (Å²) in [4.78, 5) is 22.0. The van der Waals surface area contributed by atoms with E-state index in [4.69, 9.17) is 4.74 Å². The summed E-state index contributed by atoms with van der Waals surface area (Å²) in [7, 11) is 0. The molecule has 82 valence electrons. The molecule has 0 saturated heterocycles. The van der Waals surface area contributed by atoms with Crippen LogP contribution in [0.1, 0.15) is 19.8 Å². The van der Waals surface area contributed by atoms with Crippen molar-refractivity contribution in [3.05, 3.63) is 37.0 Å². The lowest BCUT2D eigenvalue weighted by Gasteiger charge is -2.03. The monoisotopic (exact) mass is 208 g/mol. The number of ketones is 1. The molecule has 0 fully saturated rings. The van der Waals surface area contributed by atoms with Gasteiger partial charge in [0.2, 0.25) is 0 Å². The third-order valence-electron chi connectivity index (χ3n) is 1.73. The molecule has 0 atom stereocenters. The summed E-state index contributed by atoms with van der Waals surface area (Å²) in [6.07, 6.45) is 5.06. The minimum absolute atomic E-state index is 0.118. The lowest BCUT2D eigenvalue weighted by molar-refractivity contribution is -0.145. The van der Waals surface area contributed by atoms with Crippen LogP contribution in [-0.2, 0) is 14.3 Å². The van der Waals surface area contributed by atoms with Gasteiger partial charge in [-0.05, 0) is 5.57 Å². The summed E-state index contributed by atoms with van der Waals surface area (Å²) < 4.78 is 4.87. The molecule has 3 nitrogen and oxygen atoms in total. The van der Waals surface area contributed by atoms with E-state index in [1.165, 1.54) is 0 Å². The maximum absolute atomic E-state index is 11.1. The van der Waals surface area contributed by atoms with Gasteiger partial charge < -0.3 is 4.74 Å². The van der Waals surface area contributed by atoms with Gasteiger partial charge in [0.1, 0.15) is 18.8 Å². The number of allylic oxidation sites excluding steroid dienone is 2. The number of carbonyl (C=O) groups excluding carboxylic acids is 2. The first-order valence-electron chi connectivity index (χ1n) is 4.75. The van der Waals surface area contributed by atoms with Gasteiger partial charge in [-0.2, -0.15) is 0 Å². The molecule has 0 N–H and O–H groups in total. The van der Waals surface area contributed by atoms with Crippen LogP contribution < -0.4 is 0 Å². The quantitative estimate of drug-likeness (QED) is 0.366. The van der Waals surface area contributed by atoms with Crippen molar-refractivity contribution < 1.29 is 14.3 Å². The molecule has 15 heavy (non-hydrogen) atoms. The summed E-state index contributed by atoms with van der Waals surface area (Å²) >= 11 is 0. The van der Waals surface area contributed by atoms with Crippen LogP contribution in [0.3, 0.4) is 0 Å². The molecular weight excluding hydrogens is 192 g/mol. The van der Waals surface area contributed by atoms with Crippen molar-refractivity contribution in [3.8, 4) is 0 Å². The summed E-state index contributed by atoms with van der Waals surface area (Å²) in [6.45, 7) is 8.92. The summed E-state index contributed by atoms with van der Waals surface area (Å²) in [6, 6.07) is 0. The van der Waals surface area contributed by atoms with Gasteiger partial charge in [0.05, 0.1) is 0 Å². The standard InChI is InChI=1S/C12H16O3/c1-4-7-10(5-2)9-15-12(14)8-11(13)6-3/h4-5,7H,1-2,6,8-9H2,3H3/b10-7+. The second-order valence-electron chi connectivity index (χ2n) is 2.91. The fourth-order valence-electron chi connectivity index (χ4n) is 0.827. The molecule has 0 aliphatic rings. The predicted molar refractivity (Wildman–Crippen MR) is 59.4 cm³/mol. The van der Waals surface area contributed by atoms with E-state index in [0.29, 0.717) is 6.42 Å². The van der Waals surface area contributed by atoms with Crippen molar-refractivity contribution in [2.75, 3.05) is 6.61 Å². The van der Waals surface area contributed by atoms with E-state index in [2.05, 4.69) is 13.2 Å². The normalized spacial score (nSPS) is 10.6. The van der Waals surface area contributed by atoms with Gasteiger partial charge in [-0.25, -0.2) is 0 Å². The average molecular weight is 208 g/mol. The molecule has 0 heterocycles. The molecule has 0 aromatic heterocycles. The zero-order valence-corrected chi connectivity index (χ0v) is 8.99. The van der Waals surface area contributed by atoms with Crippen molar-refractivity contribution in [2.45, 2.75) is 19.8 Å². The molecule has 0 aliphatic carbocycles. The van der Waals surface area contributed by atoms with E-state index in [1.54, 1.807) is 25.2 Å². The first-order chi connectivity index (χ1) is 7.13. The van der Waals surface area contributed by atoms with Crippen molar-refractivity contribution in [1.29, 1.82) is 0 Å². The maximum atomic E-state index is 11.1. The molecule has 0 aliphatic heterocycles. The fourth-order valence-corrected chi connectivity index (χ4v) is 0.827. The Hall–Kier alpha value is -1.64. The minimum atomic E-state index is -0.501. The highest BCUT2D eigenvalue weighted by atomic mass is 16.5. The van der Waals surface area contributed by atoms with E-state index in [1.807, 2.05) is 0 Å². The van der Waals surface area contributed by atoms with Crippen LogP contribution in [0.15, 0.2) is 37.0 Å². The van der Waals surface area contributed by atoms with Crippen molar-refractivity contribution in [2.24, 2.45) is 0 Å². The summed E-state index contributed by atoms with van der Waals surface area (Å²) in [5.41, 5.74) is 0.752. The van der Waals surface area contributed by atoms with E-state index < -0.39 is 5.97 Å². The second-order valence-corrected chi connectivity index (χ2v) is 2.91. The van der Waals surface area contributed by atoms with Gasteiger partial charge in [0.25, 0.3) is 0 Å². The van der Waals surface area contributed by atoms with Crippen molar-refractivity contribution >= 4 is 11.8 Å². The van der Waals surface area contributed by atoms with E-state index in [0.717, 1.165) is 5.57 Å². The molecule has 0 bridgehead atoms. The maximum Gasteiger partial charge on any atom is 0.313 e. The Bertz CT molecular complexity index is 287. The third-order valence-corrected chi connectivity index (χ3v) is 1.73. The highest BCUT2D eigenvalue weighted by Crippen LogP contribution is 1.99. The van der Waals surface area contributed by atoms with Crippen molar-refractivity contribution in [3.63, 3.8) is 0 Å². The Morgan fingerprint density at radius 1 is 1.33 bits per heavy atom. The number of carbonyl (C=O) groups is 2. The minimum Gasteiger partial charge on any atom is -0.460 e. The van der Waals surface area contributed by atoms with Crippen LogP contribution in [0, 0.1) is 0 Å². The zero-order chi connectivity index (χ0) is 11.7. The van der Waals surface area contributed by atoms with Crippen molar-refractivity contribution in [1.82, 2.24) is 0 Å².